The molecule has 23 heavy (non-hydrogen) atoms. The predicted molar refractivity (Wildman–Crippen MR) is 93.0 cm³/mol. The molecule has 1 N–H and O–H groups in total. The molecule has 0 aliphatic carbocycles. The number of carbonyl (C=O) groups excluding carboxylic acids is 2. The Labute approximate surface area is 143 Å². The van der Waals surface area contributed by atoms with Gasteiger partial charge in [-0.05, 0) is 18.1 Å². The van der Waals surface area contributed by atoms with Gasteiger partial charge in [-0.25, -0.2) is 4.79 Å². The average molecular weight is 365 g/mol. The number of esters is 1. The average Bonchev–Trinajstić information content (AvgIpc) is 2.38. The van der Waals surface area contributed by atoms with Crippen molar-refractivity contribution in [3.8, 4) is 0 Å². The number of ether oxygens (including phenoxy) is 1. The molecule has 0 aliphatic rings. The zero-order chi connectivity index (χ0) is 18.4. The number of carbonyl (C=O) groups is 3. The molecule has 0 fully saturated rings. The summed E-state index contributed by atoms with van der Waals surface area (Å²) in [4.78, 5) is 34.1. The van der Waals surface area contributed by atoms with Gasteiger partial charge in [0.25, 0.3) is 0 Å². The van der Waals surface area contributed by atoms with E-state index in [4.69, 9.17) is 9.16 Å². The highest BCUT2D eigenvalue weighted by atomic mass is 32.2. The van der Waals surface area contributed by atoms with Crippen LogP contribution < -0.4 is 0 Å². The maximum absolute atomic E-state index is 11.9. The smallest absolute Gasteiger partial charge is 0.347 e. The van der Waals surface area contributed by atoms with Crippen molar-refractivity contribution in [1.29, 1.82) is 0 Å². The summed E-state index contributed by atoms with van der Waals surface area (Å²) in [5, 5.41) is 9.06. The van der Waals surface area contributed by atoms with E-state index >= 15 is 0 Å². The first-order valence-corrected chi connectivity index (χ1v) is 11.4. The second-order valence-corrected chi connectivity index (χ2v) is 13.0. The van der Waals surface area contributed by atoms with Crippen molar-refractivity contribution >= 4 is 37.1 Å². The molecule has 0 rings (SSSR count). The number of hydrogen-bond acceptors (Lipinski definition) is 6. The highest BCUT2D eigenvalue weighted by Gasteiger charge is 2.39. The SMILES string of the molecule is CC(=O)SC[C@@H](C)C(=O)O[C@@H](CO[Si](C)(C)C(C)(C)C)C(=O)O. The lowest BCUT2D eigenvalue weighted by Crippen LogP contribution is -2.45. The normalized spacial score (nSPS) is 14.9. The van der Waals surface area contributed by atoms with Gasteiger partial charge >= 0.3 is 11.9 Å². The van der Waals surface area contributed by atoms with E-state index in [1.54, 1.807) is 6.92 Å². The quantitative estimate of drug-likeness (QED) is 0.523. The molecule has 0 amide bonds. The molecular weight excluding hydrogens is 336 g/mol. The number of rotatable bonds is 8. The van der Waals surface area contributed by atoms with Crippen molar-refractivity contribution in [2.24, 2.45) is 5.92 Å². The third-order valence-electron chi connectivity index (χ3n) is 3.87. The van der Waals surface area contributed by atoms with Crippen molar-refractivity contribution < 1.29 is 28.7 Å². The molecule has 0 bridgehead atoms. The maximum Gasteiger partial charge on any atom is 0.347 e. The third-order valence-corrected chi connectivity index (χ3v) is 9.45. The molecule has 6 nitrogen and oxygen atoms in total. The van der Waals surface area contributed by atoms with E-state index in [2.05, 4.69) is 0 Å². The molecule has 0 spiro atoms. The second kappa shape index (κ2) is 8.84. The number of aliphatic carboxylic acids is 1. The van der Waals surface area contributed by atoms with E-state index in [1.807, 2.05) is 33.9 Å². The zero-order valence-electron chi connectivity index (χ0n) is 15.0. The first-order valence-electron chi connectivity index (χ1n) is 7.48. The van der Waals surface area contributed by atoms with E-state index in [-0.39, 0.29) is 22.5 Å². The Hall–Kier alpha value is -0.863. The molecule has 0 aliphatic heterocycles. The number of carboxylic acids is 1. The van der Waals surface area contributed by atoms with Gasteiger partial charge in [-0.2, -0.15) is 0 Å². The fraction of sp³-hybridized carbons (Fsp3) is 0.800. The monoisotopic (exact) mass is 364 g/mol. The minimum Gasteiger partial charge on any atom is -0.478 e. The third kappa shape index (κ3) is 7.98. The lowest BCUT2D eigenvalue weighted by Gasteiger charge is -2.36. The summed E-state index contributed by atoms with van der Waals surface area (Å²) in [5.41, 5.74) is 0. The van der Waals surface area contributed by atoms with Gasteiger partial charge in [0.1, 0.15) is 0 Å². The van der Waals surface area contributed by atoms with Crippen LogP contribution in [0.15, 0.2) is 0 Å². The fourth-order valence-electron chi connectivity index (χ4n) is 1.22. The molecule has 0 saturated carbocycles. The van der Waals surface area contributed by atoms with Gasteiger partial charge in [0.15, 0.2) is 13.4 Å². The fourth-order valence-corrected chi connectivity index (χ4v) is 2.84. The van der Waals surface area contributed by atoms with Gasteiger partial charge < -0.3 is 14.3 Å². The summed E-state index contributed by atoms with van der Waals surface area (Å²) in [7, 11) is -2.13. The molecule has 134 valence electrons. The topological polar surface area (TPSA) is 89.9 Å². The van der Waals surface area contributed by atoms with Crippen LogP contribution in [0.2, 0.25) is 18.1 Å². The largest absolute Gasteiger partial charge is 0.478 e. The first kappa shape index (κ1) is 22.1. The van der Waals surface area contributed by atoms with Crippen LogP contribution in [0.4, 0.5) is 0 Å². The number of hydrogen-bond donors (Lipinski definition) is 1. The minimum absolute atomic E-state index is 0.0640. The summed E-state index contributed by atoms with van der Waals surface area (Å²) in [6.45, 7) is 13.0. The van der Waals surface area contributed by atoms with Gasteiger partial charge in [-0.15, -0.1) is 0 Å². The number of thioether (sulfide) groups is 1. The van der Waals surface area contributed by atoms with Crippen LogP contribution in [0.5, 0.6) is 0 Å². The van der Waals surface area contributed by atoms with Gasteiger partial charge in [0, 0.05) is 12.7 Å². The van der Waals surface area contributed by atoms with E-state index in [1.165, 1.54) is 6.92 Å². The molecule has 0 aromatic rings. The van der Waals surface area contributed by atoms with Crippen LogP contribution >= 0.6 is 11.8 Å². The molecular formula is C15H28O6SSi. The highest BCUT2D eigenvalue weighted by Crippen LogP contribution is 2.36. The molecule has 0 unspecified atom stereocenters. The standard InChI is InChI=1S/C15H28O6SSi/c1-10(9-22-11(2)16)14(19)21-12(13(17)18)8-20-23(6,7)15(3,4)5/h10,12H,8-9H2,1-7H3,(H,17,18)/t10-,12+/m1/s1. The molecule has 0 saturated heterocycles. The Kier molecular flexibility index (Phi) is 8.51. The highest BCUT2D eigenvalue weighted by molar-refractivity contribution is 8.13. The second-order valence-electron chi connectivity index (χ2n) is 7.04. The summed E-state index contributed by atoms with van der Waals surface area (Å²) < 4.78 is 10.9. The van der Waals surface area contributed by atoms with Crippen LogP contribution in [0, 0.1) is 5.92 Å². The number of carboxylic acid groups (broad SMARTS) is 1. The van der Waals surface area contributed by atoms with Gasteiger partial charge in [0.2, 0.25) is 6.10 Å². The first-order chi connectivity index (χ1) is 10.3. The van der Waals surface area contributed by atoms with E-state index in [9.17, 15) is 19.5 Å². The lowest BCUT2D eigenvalue weighted by atomic mass is 10.2. The summed E-state index contributed by atoms with van der Waals surface area (Å²) in [6, 6.07) is 0. The lowest BCUT2D eigenvalue weighted by molar-refractivity contribution is -0.168. The summed E-state index contributed by atoms with van der Waals surface area (Å²) in [6.07, 6.45) is -1.33. The van der Waals surface area contributed by atoms with Crippen molar-refractivity contribution in [3.63, 3.8) is 0 Å². The Morgan fingerprint density at radius 3 is 2.13 bits per heavy atom. The Morgan fingerprint density at radius 2 is 1.74 bits per heavy atom. The van der Waals surface area contributed by atoms with Crippen LogP contribution in [0.1, 0.15) is 34.6 Å². The van der Waals surface area contributed by atoms with Crippen LogP contribution in [0.25, 0.3) is 0 Å². The molecule has 8 heteroatoms. The Morgan fingerprint density at radius 1 is 1.22 bits per heavy atom. The molecule has 0 heterocycles. The maximum atomic E-state index is 11.9. The van der Waals surface area contributed by atoms with Crippen LogP contribution in [0.3, 0.4) is 0 Å². The molecule has 0 radical (unpaired) electrons. The minimum atomic E-state index is -2.13. The van der Waals surface area contributed by atoms with Crippen molar-refractivity contribution in [2.45, 2.75) is 58.9 Å². The van der Waals surface area contributed by atoms with E-state index < -0.39 is 32.3 Å². The van der Waals surface area contributed by atoms with Crippen molar-refractivity contribution in [2.75, 3.05) is 12.4 Å². The molecule has 2 atom stereocenters. The summed E-state index contributed by atoms with van der Waals surface area (Å²) >= 11 is 1.01. The van der Waals surface area contributed by atoms with E-state index in [0.29, 0.717) is 0 Å². The van der Waals surface area contributed by atoms with Gasteiger partial charge in [0.05, 0.1) is 12.5 Å². The van der Waals surface area contributed by atoms with Gasteiger partial charge in [-0.1, -0.05) is 39.5 Å². The Bertz CT molecular complexity index is 444. The van der Waals surface area contributed by atoms with Crippen LogP contribution in [-0.4, -0.2) is 48.9 Å². The molecule has 0 aromatic heterocycles. The van der Waals surface area contributed by atoms with Crippen LogP contribution in [-0.2, 0) is 23.5 Å². The molecule has 0 aromatic carbocycles. The zero-order valence-corrected chi connectivity index (χ0v) is 16.8. The van der Waals surface area contributed by atoms with E-state index in [0.717, 1.165) is 11.8 Å². The Balaban J connectivity index is 4.67. The van der Waals surface area contributed by atoms with Gasteiger partial charge in [-0.3, -0.25) is 9.59 Å². The van der Waals surface area contributed by atoms with Crippen molar-refractivity contribution in [1.82, 2.24) is 0 Å². The predicted octanol–water partition coefficient (Wildman–Crippen LogP) is 2.92. The van der Waals surface area contributed by atoms with Crippen molar-refractivity contribution in [3.05, 3.63) is 0 Å². The summed E-state index contributed by atoms with van der Waals surface area (Å²) in [5.74, 6) is -2.16.